The van der Waals surface area contributed by atoms with Gasteiger partial charge < -0.3 is 0 Å². The lowest BCUT2D eigenvalue weighted by atomic mass is 10.2. The Labute approximate surface area is 89.6 Å². The smallest absolute Gasteiger partial charge is 0.248 e. The number of halogens is 5. The maximum Gasteiger partial charge on any atom is 0.417 e. The topological polar surface area (TPSA) is 12.9 Å². The highest BCUT2D eigenvalue weighted by atomic mass is 79.9. The fraction of sp³-hybridized carbons (Fsp3) is 0.286. The molecule has 0 N–H and O–H groups in total. The zero-order chi connectivity index (χ0) is 10.1. The molecule has 0 bridgehead atoms. The van der Waals surface area contributed by atoms with Gasteiger partial charge in [0.05, 0.1) is 5.56 Å². The van der Waals surface area contributed by atoms with Gasteiger partial charge in [0.1, 0.15) is 4.60 Å². The summed E-state index contributed by atoms with van der Waals surface area (Å²) in [5.41, 5.74) is -0.250. The van der Waals surface area contributed by atoms with Crippen molar-refractivity contribution in [3.05, 3.63) is 28.0 Å². The summed E-state index contributed by atoms with van der Waals surface area (Å²) in [4.78, 5) is 3.58. The van der Waals surface area contributed by atoms with Gasteiger partial charge in [-0.15, -0.1) is 0 Å². The molecule has 0 spiro atoms. The number of rotatable bonds is 1. The third kappa shape index (κ3) is 2.67. The fourth-order valence-corrected chi connectivity index (χ4v) is 1.90. The van der Waals surface area contributed by atoms with Gasteiger partial charge >= 0.3 is 6.18 Å². The van der Waals surface area contributed by atoms with E-state index >= 15 is 0 Å². The molecule has 1 nitrogen and oxygen atoms in total. The van der Waals surface area contributed by atoms with Gasteiger partial charge in [-0.05, 0) is 27.6 Å². The Morgan fingerprint density at radius 3 is 2.46 bits per heavy atom. The highest BCUT2D eigenvalue weighted by Crippen LogP contribution is 2.31. The first-order valence-corrected chi connectivity index (χ1v) is 5.14. The Kier molecular flexibility index (Phi) is 3.34. The van der Waals surface area contributed by atoms with Crippen LogP contribution in [0.4, 0.5) is 13.2 Å². The molecule has 0 aliphatic carbocycles. The Morgan fingerprint density at radius 1 is 1.38 bits per heavy atom. The van der Waals surface area contributed by atoms with Crippen molar-refractivity contribution < 1.29 is 13.2 Å². The standard InChI is InChI=1S/C7H4Br2F3N/c8-2-4-1-5(7(10,11)12)3-13-6(4)9/h1,3H,2H2. The summed E-state index contributed by atoms with van der Waals surface area (Å²) in [7, 11) is 0. The highest BCUT2D eigenvalue weighted by molar-refractivity contribution is 9.10. The second kappa shape index (κ2) is 3.96. The molecule has 13 heavy (non-hydrogen) atoms. The molecule has 0 saturated carbocycles. The van der Waals surface area contributed by atoms with Crippen LogP contribution in [0.25, 0.3) is 0 Å². The second-order valence-corrected chi connectivity index (χ2v) is 3.62. The van der Waals surface area contributed by atoms with Crippen molar-refractivity contribution in [2.75, 3.05) is 0 Å². The number of nitrogens with zero attached hydrogens (tertiary/aromatic N) is 1. The minimum Gasteiger partial charge on any atom is -0.248 e. The van der Waals surface area contributed by atoms with Crippen molar-refractivity contribution >= 4 is 31.9 Å². The molecular formula is C7H4Br2F3N. The van der Waals surface area contributed by atoms with E-state index in [1.165, 1.54) is 0 Å². The first kappa shape index (κ1) is 11.0. The lowest BCUT2D eigenvalue weighted by Crippen LogP contribution is -2.06. The van der Waals surface area contributed by atoms with Gasteiger partial charge in [0.15, 0.2) is 0 Å². The largest absolute Gasteiger partial charge is 0.417 e. The Morgan fingerprint density at radius 2 is 2.00 bits per heavy atom. The fourth-order valence-electron chi connectivity index (χ4n) is 0.742. The number of aromatic nitrogens is 1. The summed E-state index contributed by atoms with van der Waals surface area (Å²) >= 11 is 6.12. The van der Waals surface area contributed by atoms with Crippen LogP contribution in [0, 0.1) is 0 Å². The summed E-state index contributed by atoms with van der Waals surface area (Å²) in [5, 5.41) is 0.338. The van der Waals surface area contributed by atoms with E-state index in [-0.39, 0.29) is 0 Å². The monoisotopic (exact) mass is 317 g/mol. The molecule has 6 heteroatoms. The molecule has 72 valence electrons. The van der Waals surface area contributed by atoms with Gasteiger partial charge in [-0.1, -0.05) is 15.9 Å². The average Bonchev–Trinajstić information content (AvgIpc) is 2.03. The zero-order valence-electron chi connectivity index (χ0n) is 6.20. The molecule has 1 rings (SSSR count). The minimum absolute atomic E-state index is 0.338. The lowest BCUT2D eigenvalue weighted by Gasteiger charge is -2.07. The molecule has 0 aliphatic heterocycles. The highest BCUT2D eigenvalue weighted by Gasteiger charge is 2.31. The molecule has 0 aliphatic rings. The van der Waals surface area contributed by atoms with Crippen molar-refractivity contribution in [3.8, 4) is 0 Å². The summed E-state index contributed by atoms with van der Waals surface area (Å²) in [6.45, 7) is 0. The molecule has 0 atom stereocenters. The number of hydrogen-bond acceptors (Lipinski definition) is 1. The summed E-state index contributed by atoms with van der Waals surface area (Å²) < 4.78 is 36.9. The van der Waals surface area contributed by atoms with E-state index in [4.69, 9.17) is 0 Å². The molecule has 1 aromatic heterocycles. The molecular weight excluding hydrogens is 315 g/mol. The molecule has 0 unspecified atom stereocenters. The van der Waals surface area contributed by atoms with E-state index in [2.05, 4.69) is 36.8 Å². The molecule has 0 saturated heterocycles. The van der Waals surface area contributed by atoms with Gasteiger partial charge in [-0.3, -0.25) is 0 Å². The maximum absolute atomic E-state index is 12.2. The van der Waals surface area contributed by atoms with Crippen LogP contribution < -0.4 is 0 Å². The predicted octanol–water partition coefficient (Wildman–Crippen LogP) is 3.76. The van der Waals surface area contributed by atoms with Crippen molar-refractivity contribution in [2.24, 2.45) is 0 Å². The van der Waals surface area contributed by atoms with Crippen molar-refractivity contribution in [1.82, 2.24) is 4.98 Å². The van der Waals surface area contributed by atoms with Crippen molar-refractivity contribution in [3.63, 3.8) is 0 Å². The maximum atomic E-state index is 12.2. The third-order valence-corrected chi connectivity index (χ3v) is 2.70. The third-order valence-electron chi connectivity index (χ3n) is 1.38. The van der Waals surface area contributed by atoms with E-state index in [1.807, 2.05) is 0 Å². The lowest BCUT2D eigenvalue weighted by molar-refractivity contribution is -0.137. The van der Waals surface area contributed by atoms with Gasteiger partial charge in [0.2, 0.25) is 0 Å². The van der Waals surface area contributed by atoms with E-state index in [0.29, 0.717) is 15.5 Å². The van der Waals surface area contributed by atoms with Gasteiger partial charge in [0.25, 0.3) is 0 Å². The molecule has 0 radical (unpaired) electrons. The number of alkyl halides is 4. The first-order valence-electron chi connectivity index (χ1n) is 3.22. The van der Waals surface area contributed by atoms with Crippen LogP contribution in [0.3, 0.4) is 0 Å². The van der Waals surface area contributed by atoms with Crippen LogP contribution in [0.1, 0.15) is 11.1 Å². The molecule has 0 aromatic carbocycles. The Hall–Kier alpha value is -0.100. The molecule has 1 heterocycles. The van der Waals surface area contributed by atoms with E-state index in [1.54, 1.807) is 0 Å². The molecule has 1 aromatic rings. The Bertz CT molecular complexity index is 311. The quantitative estimate of drug-likeness (QED) is 0.567. The van der Waals surface area contributed by atoms with E-state index in [0.717, 1.165) is 12.3 Å². The first-order chi connectivity index (χ1) is 5.95. The molecule has 0 fully saturated rings. The number of pyridine rings is 1. The number of hydrogen-bond donors (Lipinski definition) is 0. The minimum atomic E-state index is -4.33. The van der Waals surface area contributed by atoms with Crippen LogP contribution in [0.5, 0.6) is 0 Å². The van der Waals surface area contributed by atoms with Crippen molar-refractivity contribution in [1.29, 1.82) is 0 Å². The van der Waals surface area contributed by atoms with Crippen LogP contribution in [-0.4, -0.2) is 4.98 Å². The van der Waals surface area contributed by atoms with Gasteiger partial charge in [0, 0.05) is 11.5 Å². The SMILES string of the molecule is FC(F)(F)c1cnc(Br)c(CBr)c1. The summed E-state index contributed by atoms with van der Waals surface area (Å²) in [6.07, 6.45) is -3.53. The van der Waals surface area contributed by atoms with Crippen LogP contribution >= 0.6 is 31.9 Å². The van der Waals surface area contributed by atoms with E-state index in [9.17, 15) is 13.2 Å². The zero-order valence-corrected chi connectivity index (χ0v) is 9.37. The average molecular weight is 319 g/mol. The second-order valence-electron chi connectivity index (χ2n) is 2.31. The van der Waals surface area contributed by atoms with Crippen LogP contribution in [-0.2, 0) is 11.5 Å². The normalized spacial score (nSPS) is 11.8. The summed E-state index contributed by atoms with van der Waals surface area (Å²) in [6, 6.07) is 1.06. The van der Waals surface area contributed by atoms with Gasteiger partial charge in [-0.2, -0.15) is 13.2 Å². The summed E-state index contributed by atoms with van der Waals surface area (Å²) in [5.74, 6) is 0. The van der Waals surface area contributed by atoms with Crippen molar-refractivity contribution in [2.45, 2.75) is 11.5 Å². The Balaban J connectivity index is 3.14. The predicted molar refractivity (Wildman–Crippen MR) is 49.6 cm³/mol. The molecule has 0 amide bonds. The van der Waals surface area contributed by atoms with Crippen LogP contribution in [0.15, 0.2) is 16.9 Å². The van der Waals surface area contributed by atoms with E-state index < -0.39 is 11.7 Å². The van der Waals surface area contributed by atoms with Gasteiger partial charge in [-0.25, -0.2) is 4.98 Å². The van der Waals surface area contributed by atoms with Crippen LogP contribution in [0.2, 0.25) is 0 Å².